The van der Waals surface area contributed by atoms with Crippen molar-refractivity contribution in [3.8, 4) is 10.7 Å². The minimum atomic E-state index is 0.375. The Morgan fingerprint density at radius 3 is 2.71 bits per heavy atom. The number of hydrogen-bond acceptors (Lipinski definition) is 8. The Labute approximate surface area is 151 Å². The third-order valence-electron chi connectivity index (χ3n) is 4.12. The molecule has 3 aromatic heterocycles. The van der Waals surface area contributed by atoms with E-state index in [-0.39, 0.29) is 0 Å². The second-order valence-electron chi connectivity index (χ2n) is 5.84. The second-order valence-corrected chi connectivity index (χ2v) is 8.30. The van der Waals surface area contributed by atoms with Crippen LogP contribution in [0.1, 0.15) is 36.4 Å². The van der Waals surface area contributed by atoms with Gasteiger partial charge in [-0.3, -0.25) is 4.90 Å². The summed E-state index contributed by atoms with van der Waals surface area (Å²) in [6, 6.07) is 3.97. The number of nitrogens with zero attached hydrogens (tertiary/aromatic N) is 5. The summed E-state index contributed by atoms with van der Waals surface area (Å²) in [5.41, 5.74) is 0. The van der Waals surface area contributed by atoms with Gasteiger partial charge in [-0.1, -0.05) is 10.3 Å². The van der Waals surface area contributed by atoms with Crippen molar-refractivity contribution in [2.75, 3.05) is 13.1 Å². The number of aromatic nitrogens is 4. The summed E-state index contributed by atoms with van der Waals surface area (Å²) in [4.78, 5) is 12.2. The van der Waals surface area contributed by atoms with Crippen LogP contribution >= 0.6 is 27.3 Å². The lowest BCUT2D eigenvalue weighted by Crippen LogP contribution is -2.32. The highest BCUT2D eigenvalue weighted by Crippen LogP contribution is 2.30. The fourth-order valence-electron chi connectivity index (χ4n) is 2.87. The molecule has 0 N–H and O–H groups in total. The lowest BCUT2D eigenvalue weighted by molar-refractivity contribution is 0.177. The van der Waals surface area contributed by atoms with Gasteiger partial charge < -0.3 is 9.05 Å². The Kier molecular flexibility index (Phi) is 4.47. The molecule has 24 heavy (non-hydrogen) atoms. The molecule has 0 amide bonds. The van der Waals surface area contributed by atoms with E-state index in [9.17, 15) is 0 Å². The number of rotatable bonds is 4. The Hall–Kier alpha value is -1.58. The van der Waals surface area contributed by atoms with Gasteiger partial charge in [-0.25, -0.2) is 0 Å². The van der Waals surface area contributed by atoms with Gasteiger partial charge in [0.1, 0.15) is 0 Å². The van der Waals surface area contributed by atoms with Gasteiger partial charge in [-0.2, -0.15) is 9.97 Å². The first kappa shape index (κ1) is 15.9. The van der Waals surface area contributed by atoms with Crippen LogP contribution in [0, 0.1) is 6.92 Å². The van der Waals surface area contributed by atoms with Crippen LogP contribution in [-0.2, 0) is 6.54 Å². The molecular weight excluding hydrogens is 394 g/mol. The SMILES string of the molecule is Cc1nc(C2CCN(Cc3nc(-c4ccc(Br)s4)no3)CC2)no1. The zero-order valence-corrected chi connectivity index (χ0v) is 15.5. The summed E-state index contributed by atoms with van der Waals surface area (Å²) >= 11 is 5.04. The van der Waals surface area contributed by atoms with E-state index in [0.717, 1.165) is 40.4 Å². The number of halogens is 1. The second kappa shape index (κ2) is 6.73. The predicted molar refractivity (Wildman–Crippen MR) is 91.6 cm³/mol. The largest absolute Gasteiger partial charge is 0.340 e. The molecule has 0 saturated carbocycles. The van der Waals surface area contributed by atoms with Crippen molar-refractivity contribution in [2.45, 2.75) is 32.2 Å². The lowest BCUT2D eigenvalue weighted by Gasteiger charge is -2.29. The van der Waals surface area contributed by atoms with E-state index in [1.54, 1.807) is 11.3 Å². The average molecular weight is 410 g/mol. The predicted octanol–water partition coefficient (Wildman–Crippen LogP) is 3.63. The molecule has 0 spiro atoms. The van der Waals surface area contributed by atoms with Crippen LogP contribution in [-0.4, -0.2) is 38.3 Å². The fraction of sp³-hybridized carbons (Fsp3) is 0.467. The van der Waals surface area contributed by atoms with E-state index in [1.807, 2.05) is 19.1 Å². The van der Waals surface area contributed by atoms with E-state index in [2.05, 4.69) is 41.1 Å². The van der Waals surface area contributed by atoms with Crippen LogP contribution in [0.4, 0.5) is 0 Å². The maximum absolute atomic E-state index is 5.39. The fourth-order valence-corrected chi connectivity index (χ4v) is 4.19. The monoisotopic (exact) mass is 409 g/mol. The van der Waals surface area contributed by atoms with E-state index in [0.29, 0.717) is 30.1 Å². The molecule has 0 atom stereocenters. The Morgan fingerprint density at radius 2 is 2.04 bits per heavy atom. The van der Waals surface area contributed by atoms with Crippen molar-refractivity contribution in [1.82, 2.24) is 25.2 Å². The number of piperidine rings is 1. The van der Waals surface area contributed by atoms with Crippen molar-refractivity contribution in [3.05, 3.63) is 33.5 Å². The van der Waals surface area contributed by atoms with E-state index < -0.39 is 0 Å². The molecule has 0 radical (unpaired) electrons. The topological polar surface area (TPSA) is 81.1 Å². The molecular formula is C15H16BrN5O2S. The summed E-state index contributed by atoms with van der Waals surface area (Å²) in [6.45, 7) is 4.42. The first-order chi connectivity index (χ1) is 11.7. The molecule has 1 fully saturated rings. The molecule has 1 saturated heterocycles. The smallest absolute Gasteiger partial charge is 0.241 e. The summed E-state index contributed by atoms with van der Waals surface area (Å²) in [5, 5.41) is 8.11. The van der Waals surface area contributed by atoms with Gasteiger partial charge in [0, 0.05) is 12.8 Å². The quantitative estimate of drug-likeness (QED) is 0.650. The molecule has 0 aromatic carbocycles. The van der Waals surface area contributed by atoms with Gasteiger partial charge in [0.05, 0.1) is 15.2 Å². The maximum atomic E-state index is 5.39. The number of aryl methyl sites for hydroxylation is 1. The summed E-state index contributed by atoms with van der Waals surface area (Å²) in [5.74, 6) is 3.14. The number of likely N-dealkylation sites (tertiary alicyclic amines) is 1. The first-order valence-electron chi connectivity index (χ1n) is 7.78. The Bertz CT molecular complexity index is 821. The highest BCUT2D eigenvalue weighted by molar-refractivity contribution is 9.11. The van der Waals surface area contributed by atoms with Gasteiger partial charge in [-0.15, -0.1) is 11.3 Å². The van der Waals surface area contributed by atoms with Crippen molar-refractivity contribution < 1.29 is 9.05 Å². The van der Waals surface area contributed by atoms with Crippen molar-refractivity contribution in [1.29, 1.82) is 0 Å². The minimum Gasteiger partial charge on any atom is -0.340 e. The molecule has 4 rings (SSSR count). The van der Waals surface area contributed by atoms with Crippen molar-refractivity contribution in [3.63, 3.8) is 0 Å². The van der Waals surface area contributed by atoms with Crippen LogP contribution in [0.15, 0.2) is 25.0 Å². The molecule has 9 heteroatoms. The van der Waals surface area contributed by atoms with Gasteiger partial charge in [0.2, 0.25) is 17.6 Å². The third kappa shape index (κ3) is 3.42. The highest BCUT2D eigenvalue weighted by Gasteiger charge is 2.25. The normalized spacial score (nSPS) is 16.8. The minimum absolute atomic E-state index is 0.375. The molecule has 0 unspecified atom stereocenters. The molecule has 0 bridgehead atoms. The Balaban J connectivity index is 1.35. The molecule has 1 aliphatic rings. The molecule has 1 aliphatic heterocycles. The van der Waals surface area contributed by atoms with Gasteiger partial charge >= 0.3 is 0 Å². The van der Waals surface area contributed by atoms with Crippen LogP contribution in [0.3, 0.4) is 0 Å². The Morgan fingerprint density at radius 1 is 1.21 bits per heavy atom. The number of thiophene rings is 1. The van der Waals surface area contributed by atoms with Crippen molar-refractivity contribution in [2.24, 2.45) is 0 Å². The van der Waals surface area contributed by atoms with Gasteiger partial charge in [0.15, 0.2) is 5.82 Å². The van der Waals surface area contributed by atoms with E-state index >= 15 is 0 Å². The molecule has 3 aromatic rings. The molecule has 7 nitrogen and oxygen atoms in total. The molecule has 0 aliphatic carbocycles. The van der Waals surface area contributed by atoms with Crippen LogP contribution in [0.5, 0.6) is 0 Å². The van der Waals surface area contributed by atoms with E-state index in [1.165, 1.54) is 0 Å². The summed E-state index contributed by atoms with van der Waals surface area (Å²) in [6.07, 6.45) is 2.02. The summed E-state index contributed by atoms with van der Waals surface area (Å²) in [7, 11) is 0. The molecule has 126 valence electrons. The lowest BCUT2D eigenvalue weighted by atomic mass is 9.96. The van der Waals surface area contributed by atoms with E-state index in [4.69, 9.17) is 9.05 Å². The van der Waals surface area contributed by atoms with Crippen LogP contribution in [0.25, 0.3) is 10.7 Å². The standard InChI is InChI=1S/C15H16BrN5O2S/c1-9-17-14(19-22-9)10-4-6-21(7-5-10)8-13-18-15(20-23-13)11-2-3-12(16)24-11/h2-3,10H,4-8H2,1H3. The number of hydrogen-bond donors (Lipinski definition) is 0. The zero-order chi connectivity index (χ0) is 16.5. The molecule has 4 heterocycles. The van der Waals surface area contributed by atoms with Crippen LogP contribution < -0.4 is 0 Å². The zero-order valence-electron chi connectivity index (χ0n) is 13.1. The van der Waals surface area contributed by atoms with Gasteiger partial charge in [0.25, 0.3) is 0 Å². The van der Waals surface area contributed by atoms with Crippen molar-refractivity contribution >= 4 is 27.3 Å². The van der Waals surface area contributed by atoms with Crippen LogP contribution in [0.2, 0.25) is 0 Å². The first-order valence-corrected chi connectivity index (χ1v) is 9.39. The average Bonchev–Trinajstić information content (AvgIpc) is 3.30. The van der Waals surface area contributed by atoms with Gasteiger partial charge in [-0.05, 0) is 54.0 Å². The highest BCUT2D eigenvalue weighted by atomic mass is 79.9. The third-order valence-corrected chi connectivity index (χ3v) is 5.74. The maximum Gasteiger partial charge on any atom is 0.241 e. The summed E-state index contributed by atoms with van der Waals surface area (Å²) < 4.78 is 11.5.